The standard InChI is InChI=1S/C23H23NO/c25-23(21-15-8-3-9-16-21)24-18-10-17-22(19-11-4-1-5-12-19)20-13-6-2-7-14-20/h1-9,11-16,22H,10,17-18H2,(H,24,25). The van der Waals surface area contributed by atoms with Crippen molar-refractivity contribution < 1.29 is 4.79 Å². The van der Waals surface area contributed by atoms with E-state index < -0.39 is 0 Å². The minimum atomic E-state index is -0.00317. The van der Waals surface area contributed by atoms with Gasteiger partial charge in [0.05, 0.1) is 0 Å². The summed E-state index contributed by atoms with van der Waals surface area (Å²) >= 11 is 0. The molecule has 0 spiro atoms. The highest BCUT2D eigenvalue weighted by atomic mass is 16.1. The van der Waals surface area contributed by atoms with Crippen molar-refractivity contribution in [2.75, 3.05) is 6.54 Å². The first-order chi connectivity index (χ1) is 12.3. The Hall–Kier alpha value is -2.87. The van der Waals surface area contributed by atoms with Gasteiger partial charge in [-0.15, -0.1) is 0 Å². The summed E-state index contributed by atoms with van der Waals surface area (Å²) in [4.78, 5) is 12.1. The second kappa shape index (κ2) is 8.84. The van der Waals surface area contributed by atoms with E-state index in [2.05, 4.69) is 53.8 Å². The molecule has 0 heterocycles. The van der Waals surface area contributed by atoms with Gasteiger partial charge in [-0.1, -0.05) is 78.9 Å². The van der Waals surface area contributed by atoms with Gasteiger partial charge in [-0.05, 0) is 36.1 Å². The van der Waals surface area contributed by atoms with Crippen LogP contribution in [0.4, 0.5) is 0 Å². The van der Waals surface area contributed by atoms with Crippen molar-refractivity contribution in [2.45, 2.75) is 18.8 Å². The summed E-state index contributed by atoms with van der Waals surface area (Å²) in [7, 11) is 0. The molecule has 25 heavy (non-hydrogen) atoms. The van der Waals surface area contributed by atoms with Gasteiger partial charge in [-0.25, -0.2) is 0 Å². The van der Waals surface area contributed by atoms with Gasteiger partial charge in [-0.3, -0.25) is 4.79 Å². The molecule has 0 saturated heterocycles. The van der Waals surface area contributed by atoms with Crippen molar-refractivity contribution in [2.24, 2.45) is 0 Å². The van der Waals surface area contributed by atoms with Crippen molar-refractivity contribution in [3.63, 3.8) is 0 Å². The summed E-state index contributed by atoms with van der Waals surface area (Å²) in [5.74, 6) is 0.354. The Labute approximate surface area is 149 Å². The average Bonchev–Trinajstić information content (AvgIpc) is 2.70. The third-order valence-corrected chi connectivity index (χ3v) is 4.39. The molecule has 126 valence electrons. The minimum absolute atomic E-state index is 0.00317. The van der Waals surface area contributed by atoms with Crippen molar-refractivity contribution >= 4 is 5.91 Å². The highest BCUT2D eigenvalue weighted by Crippen LogP contribution is 2.28. The number of rotatable bonds is 7. The third-order valence-electron chi connectivity index (χ3n) is 4.39. The fraction of sp³-hybridized carbons (Fsp3) is 0.174. The van der Waals surface area contributed by atoms with Crippen LogP contribution < -0.4 is 5.32 Å². The smallest absolute Gasteiger partial charge is 0.251 e. The van der Waals surface area contributed by atoms with Gasteiger partial charge in [0, 0.05) is 18.0 Å². The Morgan fingerprint density at radius 2 is 1.20 bits per heavy atom. The van der Waals surface area contributed by atoms with E-state index in [-0.39, 0.29) is 5.91 Å². The maximum Gasteiger partial charge on any atom is 0.251 e. The Bertz CT molecular complexity index is 729. The van der Waals surface area contributed by atoms with Crippen LogP contribution in [0.25, 0.3) is 0 Å². The molecule has 0 radical (unpaired) electrons. The molecule has 0 fully saturated rings. The molecule has 0 bridgehead atoms. The quantitative estimate of drug-likeness (QED) is 0.605. The zero-order valence-electron chi connectivity index (χ0n) is 14.3. The lowest BCUT2D eigenvalue weighted by molar-refractivity contribution is 0.0953. The number of hydrogen-bond acceptors (Lipinski definition) is 1. The molecule has 0 unspecified atom stereocenters. The highest BCUT2D eigenvalue weighted by molar-refractivity contribution is 5.94. The number of amides is 1. The number of carbonyl (C=O) groups is 1. The number of hydrogen-bond donors (Lipinski definition) is 1. The van der Waals surface area contributed by atoms with E-state index in [4.69, 9.17) is 0 Å². The monoisotopic (exact) mass is 329 g/mol. The first-order valence-electron chi connectivity index (χ1n) is 8.78. The molecule has 1 N–H and O–H groups in total. The van der Waals surface area contributed by atoms with E-state index in [1.54, 1.807) is 0 Å². The van der Waals surface area contributed by atoms with Gasteiger partial charge in [0.1, 0.15) is 0 Å². The second-order valence-corrected chi connectivity index (χ2v) is 6.14. The average molecular weight is 329 g/mol. The maximum atomic E-state index is 12.1. The van der Waals surface area contributed by atoms with Crippen LogP contribution in [0.15, 0.2) is 91.0 Å². The van der Waals surface area contributed by atoms with E-state index >= 15 is 0 Å². The Morgan fingerprint density at radius 1 is 0.720 bits per heavy atom. The van der Waals surface area contributed by atoms with Gasteiger partial charge in [-0.2, -0.15) is 0 Å². The molecule has 0 aliphatic rings. The molecular weight excluding hydrogens is 306 g/mol. The molecule has 0 aromatic heterocycles. The van der Waals surface area contributed by atoms with Crippen LogP contribution in [0.2, 0.25) is 0 Å². The summed E-state index contributed by atoms with van der Waals surface area (Å²) in [5, 5.41) is 3.02. The number of nitrogens with one attached hydrogen (secondary N) is 1. The van der Waals surface area contributed by atoms with E-state index in [1.165, 1.54) is 11.1 Å². The molecule has 0 aliphatic heterocycles. The van der Waals surface area contributed by atoms with Crippen molar-refractivity contribution in [3.8, 4) is 0 Å². The van der Waals surface area contributed by atoms with Gasteiger partial charge in [0.2, 0.25) is 0 Å². The molecule has 0 aliphatic carbocycles. The first kappa shape index (κ1) is 17.0. The molecular formula is C23H23NO. The molecule has 3 rings (SSSR count). The molecule has 1 amide bonds. The molecule has 0 atom stereocenters. The molecule has 2 heteroatoms. The minimum Gasteiger partial charge on any atom is -0.352 e. The third kappa shape index (κ3) is 4.80. The number of carbonyl (C=O) groups excluding carboxylic acids is 1. The van der Waals surface area contributed by atoms with Crippen LogP contribution in [0, 0.1) is 0 Å². The van der Waals surface area contributed by atoms with Gasteiger partial charge >= 0.3 is 0 Å². The van der Waals surface area contributed by atoms with E-state index in [9.17, 15) is 4.79 Å². The summed E-state index contributed by atoms with van der Waals surface area (Å²) in [6.45, 7) is 0.684. The Kier molecular flexibility index (Phi) is 6.00. The SMILES string of the molecule is O=C(NCCCC(c1ccccc1)c1ccccc1)c1ccccc1. The van der Waals surface area contributed by atoms with Crippen LogP contribution in [-0.4, -0.2) is 12.5 Å². The Morgan fingerprint density at radius 3 is 1.72 bits per heavy atom. The second-order valence-electron chi connectivity index (χ2n) is 6.14. The van der Waals surface area contributed by atoms with Crippen LogP contribution in [0.1, 0.15) is 40.2 Å². The van der Waals surface area contributed by atoms with Gasteiger partial charge in [0.15, 0.2) is 0 Å². The van der Waals surface area contributed by atoms with Crippen molar-refractivity contribution in [1.82, 2.24) is 5.32 Å². The first-order valence-corrected chi connectivity index (χ1v) is 8.78. The lowest BCUT2D eigenvalue weighted by Crippen LogP contribution is -2.24. The van der Waals surface area contributed by atoms with E-state index in [0.29, 0.717) is 18.0 Å². The van der Waals surface area contributed by atoms with Crippen molar-refractivity contribution in [3.05, 3.63) is 108 Å². The van der Waals surface area contributed by atoms with Crippen LogP contribution in [0.5, 0.6) is 0 Å². The summed E-state index contributed by atoms with van der Waals surface area (Å²) in [5.41, 5.74) is 3.36. The Balaban J connectivity index is 1.59. The predicted molar refractivity (Wildman–Crippen MR) is 103 cm³/mol. The molecule has 2 nitrogen and oxygen atoms in total. The summed E-state index contributed by atoms with van der Waals surface area (Å²) in [6.07, 6.45) is 1.94. The van der Waals surface area contributed by atoms with Gasteiger partial charge < -0.3 is 5.32 Å². The highest BCUT2D eigenvalue weighted by Gasteiger charge is 2.13. The topological polar surface area (TPSA) is 29.1 Å². The molecule has 0 saturated carbocycles. The zero-order valence-corrected chi connectivity index (χ0v) is 14.3. The lowest BCUT2D eigenvalue weighted by Gasteiger charge is -2.18. The number of benzene rings is 3. The fourth-order valence-corrected chi connectivity index (χ4v) is 3.10. The van der Waals surface area contributed by atoms with Crippen LogP contribution >= 0.6 is 0 Å². The van der Waals surface area contributed by atoms with Crippen LogP contribution in [-0.2, 0) is 0 Å². The van der Waals surface area contributed by atoms with E-state index in [0.717, 1.165) is 12.8 Å². The summed E-state index contributed by atoms with van der Waals surface area (Å²) in [6, 6.07) is 30.5. The summed E-state index contributed by atoms with van der Waals surface area (Å²) < 4.78 is 0. The predicted octanol–water partition coefficient (Wildman–Crippen LogP) is 5.03. The van der Waals surface area contributed by atoms with Crippen molar-refractivity contribution in [1.29, 1.82) is 0 Å². The molecule has 3 aromatic rings. The zero-order chi connectivity index (χ0) is 17.3. The molecule has 3 aromatic carbocycles. The maximum absolute atomic E-state index is 12.1. The van der Waals surface area contributed by atoms with E-state index in [1.807, 2.05) is 42.5 Å². The van der Waals surface area contributed by atoms with Gasteiger partial charge in [0.25, 0.3) is 5.91 Å². The fourth-order valence-electron chi connectivity index (χ4n) is 3.10. The van der Waals surface area contributed by atoms with Crippen LogP contribution in [0.3, 0.4) is 0 Å². The lowest BCUT2D eigenvalue weighted by atomic mass is 9.87. The normalized spacial score (nSPS) is 10.6. The largest absolute Gasteiger partial charge is 0.352 e.